The van der Waals surface area contributed by atoms with Crippen LogP contribution >= 0.6 is 0 Å². The maximum atomic E-state index is 12.5. The van der Waals surface area contributed by atoms with Crippen LogP contribution in [-0.4, -0.2) is 32.2 Å². The first-order valence-corrected chi connectivity index (χ1v) is 9.15. The number of nitrogens with zero attached hydrogens (tertiary/aromatic N) is 4. The SMILES string of the molecule is COc1ccc(-n2cccn2)c(C2CC(=O)NCc3nc4ccccn4c32)c1. The number of hydrogen-bond acceptors (Lipinski definition) is 4. The van der Waals surface area contributed by atoms with Crippen LogP contribution in [0.4, 0.5) is 0 Å². The van der Waals surface area contributed by atoms with E-state index in [-0.39, 0.29) is 11.8 Å². The molecule has 28 heavy (non-hydrogen) atoms. The third-order valence-corrected chi connectivity index (χ3v) is 5.18. The summed E-state index contributed by atoms with van der Waals surface area (Å²) >= 11 is 0. The molecule has 7 nitrogen and oxygen atoms in total. The molecule has 4 heterocycles. The van der Waals surface area contributed by atoms with Crippen molar-refractivity contribution in [2.45, 2.75) is 18.9 Å². The van der Waals surface area contributed by atoms with E-state index in [1.165, 1.54) is 0 Å². The van der Waals surface area contributed by atoms with Crippen LogP contribution < -0.4 is 10.1 Å². The highest BCUT2D eigenvalue weighted by atomic mass is 16.5. The Kier molecular flexibility index (Phi) is 3.86. The number of benzene rings is 1. The maximum Gasteiger partial charge on any atom is 0.221 e. The molecule has 0 aliphatic carbocycles. The first-order chi connectivity index (χ1) is 13.7. The molecule has 0 saturated heterocycles. The van der Waals surface area contributed by atoms with E-state index in [9.17, 15) is 4.79 Å². The first-order valence-electron chi connectivity index (χ1n) is 9.15. The summed E-state index contributed by atoms with van der Waals surface area (Å²) < 4.78 is 9.38. The van der Waals surface area contributed by atoms with Gasteiger partial charge in [0.2, 0.25) is 5.91 Å². The minimum absolute atomic E-state index is 0.00177. The van der Waals surface area contributed by atoms with Gasteiger partial charge in [0.05, 0.1) is 30.7 Å². The van der Waals surface area contributed by atoms with Crippen LogP contribution in [0, 0.1) is 0 Å². The third-order valence-electron chi connectivity index (χ3n) is 5.18. The summed E-state index contributed by atoms with van der Waals surface area (Å²) in [5, 5.41) is 7.37. The van der Waals surface area contributed by atoms with Crippen molar-refractivity contribution in [2.24, 2.45) is 0 Å². The van der Waals surface area contributed by atoms with E-state index < -0.39 is 0 Å². The van der Waals surface area contributed by atoms with Crippen molar-refractivity contribution >= 4 is 11.6 Å². The number of carbonyl (C=O) groups excluding carboxylic acids is 1. The average Bonchev–Trinajstić information content (AvgIpc) is 3.35. The highest BCUT2D eigenvalue weighted by Gasteiger charge is 2.31. The second kappa shape index (κ2) is 6.53. The van der Waals surface area contributed by atoms with Gasteiger partial charge in [0.15, 0.2) is 0 Å². The van der Waals surface area contributed by atoms with Crippen molar-refractivity contribution in [3.63, 3.8) is 0 Å². The van der Waals surface area contributed by atoms with Crippen LogP contribution in [0.5, 0.6) is 5.75 Å². The molecule has 0 spiro atoms. The highest BCUT2D eigenvalue weighted by molar-refractivity contribution is 5.79. The van der Waals surface area contributed by atoms with Crippen LogP contribution in [0.3, 0.4) is 0 Å². The van der Waals surface area contributed by atoms with Crippen LogP contribution in [0.2, 0.25) is 0 Å². The summed E-state index contributed by atoms with van der Waals surface area (Å²) in [4.78, 5) is 17.3. The summed E-state index contributed by atoms with van der Waals surface area (Å²) in [6.07, 6.45) is 5.97. The molecule has 3 aromatic heterocycles. The Bertz CT molecular complexity index is 1160. The summed E-state index contributed by atoms with van der Waals surface area (Å²) in [5.41, 5.74) is 4.68. The number of hydrogen-bond donors (Lipinski definition) is 1. The lowest BCUT2D eigenvalue weighted by Crippen LogP contribution is -2.22. The van der Waals surface area contributed by atoms with Gasteiger partial charge in [-0.05, 0) is 42.0 Å². The molecule has 0 fully saturated rings. The van der Waals surface area contributed by atoms with E-state index in [4.69, 9.17) is 9.72 Å². The lowest BCUT2D eigenvalue weighted by molar-refractivity contribution is -0.121. The fourth-order valence-electron chi connectivity index (χ4n) is 3.92. The van der Waals surface area contributed by atoms with Gasteiger partial charge in [-0.3, -0.25) is 4.79 Å². The Morgan fingerprint density at radius 2 is 2.11 bits per heavy atom. The average molecular weight is 373 g/mol. The number of pyridine rings is 1. The smallest absolute Gasteiger partial charge is 0.221 e. The van der Waals surface area contributed by atoms with Gasteiger partial charge in [-0.2, -0.15) is 5.10 Å². The molecule has 1 unspecified atom stereocenters. The largest absolute Gasteiger partial charge is 0.497 e. The van der Waals surface area contributed by atoms with E-state index in [1.807, 2.05) is 59.5 Å². The lowest BCUT2D eigenvalue weighted by atomic mass is 9.90. The number of ether oxygens (including phenoxy) is 1. The number of rotatable bonds is 3. The molecule has 4 aromatic rings. The Hall–Kier alpha value is -3.61. The van der Waals surface area contributed by atoms with Crippen molar-refractivity contribution in [1.82, 2.24) is 24.5 Å². The first kappa shape index (κ1) is 16.6. The van der Waals surface area contributed by atoms with Crippen LogP contribution in [0.15, 0.2) is 61.1 Å². The van der Waals surface area contributed by atoms with Crippen molar-refractivity contribution in [2.75, 3.05) is 7.11 Å². The van der Waals surface area contributed by atoms with Gasteiger partial charge >= 0.3 is 0 Å². The van der Waals surface area contributed by atoms with E-state index >= 15 is 0 Å². The fraction of sp³-hybridized carbons (Fsp3) is 0.190. The highest BCUT2D eigenvalue weighted by Crippen LogP contribution is 2.37. The zero-order valence-electron chi connectivity index (χ0n) is 15.4. The van der Waals surface area contributed by atoms with Gasteiger partial charge in [-0.15, -0.1) is 0 Å². The van der Waals surface area contributed by atoms with Gasteiger partial charge in [0, 0.05) is 30.9 Å². The Morgan fingerprint density at radius 3 is 2.93 bits per heavy atom. The van der Waals surface area contributed by atoms with Gasteiger partial charge in [-0.1, -0.05) is 6.07 Å². The minimum atomic E-state index is -0.177. The van der Waals surface area contributed by atoms with Crippen LogP contribution in [0.25, 0.3) is 11.3 Å². The zero-order chi connectivity index (χ0) is 19.1. The number of carbonyl (C=O) groups is 1. The molecule has 140 valence electrons. The summed E-state index contributed by atoms with van der Waals surface area (Å²) in [7, 11) is 1.64. The Labute approximate surface area is 161 Å². The van der Waals surface area contributed by atoms with E-state index in [2.05, 4.69) is 14.8 Å². The molecular formula is C21H19N5O2. The topological polar surface area (TPSA) is 73.5 Å². The molecule has 5 rings (SSSR count). The monoisotopic (exact) mass is 373 g/mol. The van der Waals surface area contributed by atoms with E-state index in [1.54, 1.807) is 13.3 Å². The van der Waals surface area contributed by atoms with Crippen LogP contribution in [0.1, 0.15) is 29.3 Å². The third kappa shape index (κ3) is 2.63. The number of nitrogens with one attached hydrogen (secondary N) is 1. The lowest BCUT2D eigenvalue weighted by Gasteiger charge is -2.20. The molecule has 7 heteroatoms. The number of amides is 1. The molecule has 1 amide bonds. The Balaban J connectivity index is 1.78. The molecule has 1 aliphatic rings. The normalized spacial score (nSPS) is 16.5. The van der Waals surface area contributed by atoms with Crippen LogP contribution in [-0.2, 0) is 11.3 Å². The number of imidazole rings is 1. The maximum absolute atomic E-state index is 12.5. The summed E-state index contributed by atoms with van der Waals surface area (Å²) in [6, 6.07) is 13.7. The van der Waals surface area contributed by atoms with E-state index in [0.29, 0.717) is 13.0 Å². The van der Waals surface area contributed by atoms with Gasteiger partial charge in [0.1, 0.15) is 11.4 Å². The van der Waals surface area contributed by atoms with Gasteiger partial charge < -0.3 is 14.5 Å². The molecular weight excluding hydrogens is 354 g/mol. The number of aromatic nitrogens is 4. The fourth-order valence-corrected chi connectivity index (χ4v) is 3.92. The standard InChI is InChI=1S/C21H19N5O2/c1-28-14-6-7-18(26-10-4-8-23-26)15(11-14)16-12-20(27)22-13-17-21(16)25-9-3-2-5-19(25)24-17/h2-11,16H,12-13H2,1H3,(H,22,27). The predicted octanol–water partition coefficient (Wildman–Crippen LogP) is 2.68. The molecule has 1 aromatic carbocycles. The van der Waals surface area contributed by atoms with Crippen molar-refractivity contribution in [1.29, 1.82) is 0 Å². The summed E-state index contributed by atoms with van der Waals surface area (Å²) in [5.74, 6) is 0.567. The van der Waals surface area contributed by atoms with E-state index in [0.717, 1.165) is 34.0 Å². The molecule has 0 saturated carbocycles. The predicted molar refractivity (Wildman–Crippen MR) is 104 cm³/mol. The zero-order valence-corrected chi connectivity index (χ0v) is 15.4. The van der Waals surface area contributed by atoms with Crippen molar-refractivity contribution < 1.29 is 9.53 Å². The second-order valence-corrected chi connectivity index (χ2v) is 6.78. The number of fused-ring (bicyclic) bond motifs is 3. The number of methoxy groups -OCH3 is 1. The van der Waals surface area contributed by atoms with Crippen molar-refractivity contribution in [3.05, 3.63) is 78.0 Å². The van der Waals surface area contributed by atoms with Gasteiger partial charge in [0.25, 0.3) is 0 Å². The molecule has 0 bridgehead atoms. The van der Waals surface area contributed by atoms with Gasteiger partial charge in [-0.25, -0.2) is 9.67 Å². The quantitative estimate of drug-likeness (QED) is 0.599. The Morgan fingerprint density at radius 1 is 1.18 bits per heavy atom. The second-order valence-electron chi connectivity index (χ2n) is 6.78. The summed E-state index contributed by atoms with van der Waals surface area (Å²) in [6.45, 7) is 0.424. The molecule has 1 aliphatic heterocycles. The molecule has 1 atom stereocenters. The molecule has 1 N–H and O–H groups in total. The molecule has 0 radical (unpaired) electrons. The minimum Gasteiger partial charge on any atom is -0.497 e. The van der Waals surface area contributed by atoms with Crippen molar-refractivity contribution in [3.8, 4) is 11.4 Å².